The molecule has 0 heterocycles. The van der Waals surface area contributed by atoms with Gasteiger partial charge < -0.3 is 10.6 Å². The van der Waals surface area contributed by atoms with Gasteiger partial charge in [0.1, 0.15) is 0 Å². The molecule has 0 aliphatic heterocycles. The van der Waals surface area contributed by atoms with E-state index >= 15 is 0 Å². The number of amides is 1. The number of hydrogen-bond donors (Lipinski definition) is 2. The Balaban J connectivity index is 1.76. The highest BCUT2D eigenvalue weighted by Gasteiger charge is 2.15. The van der Waals surface area contributed by atoms with Crippen molar-refractivity contribution in [2.75, 3.05) is 11.9 Å². The standard InChI is InChI=1S/C15H19N3O/c16-10-9-12-5-7-14(8-6-12)18-15(19)11-17-13-3-1-2-4-13/h5-8,13,17H,1-4,9,11H2,(H,18,19). The molecule has 0 saturated heterocycles. The van der Waals surface area contributed by atoms with Gasteiger partial charge in [0.05, 0.1) is 19.0 Å². The lowest BCUT2D eigenvalue weighted by Crippen LogP contribution is -2.34. The van der Waals surface area contributed by atoms with Crippen LogP contribution in [0.25, 0.3) is 0 Å². The summed E-state index contributed by atoms with van der Waals surface area (Å²) in [5, 5.41) is 14.7. The normalized spacial score (nSPS) is 15.1. The minimum Gasteiger partial charge on any atom is -0.325 e. The van der Waals surface area contributed by atoms with E-state index < -0.39 is 0 Å². The molecule has 0 unspecified atom stereocenters. The third kappa shape index (κ3) is 4.38. The van der Waals surface area contributed by atoms with Crippen molar-refractivity contribution in [2.24, 2.45) is 0 Å². The second-order valence-electron chi connectivity index (χ2n) is 4.94. The van der Waals surface area contributed by atoms with Crippen LogP contribution >= 0.6 is 0 Å². The summed E-state index contributed by atoms with van der Waals surface area (Å²) in [6.45, 7) is 0.366. The van der Waals surface area contributed by atoms with Gasteiger partial charge in [0.25, 0.3) is 0 Å². The molecule has 1 aromatic carbocycles. The zero-order valence-electron chi connectivity index (χ0n) is 11.0. The van der Waals surface area contributed by atoms with E-state index in [-0.39, 0.29) is 5.91 Å². The summed E-state index contributed by atoms with van der Waals surface area (Å²) in [5.74, 6) is -0.0140. The lowest BCUT2D eigenvalue weighted by Gasteiger charge is -2.11. The molecule has 0 atom stereocenters. The molecule has 1 fully saturated rings. The lowest BCUT2D eigenvalue weighted by molar-refractivity contribution is -0.115. The van der Waals surface area contributed by atoms with Gasteiger partial charge in [0.15, 0.2) is 0 Å². The van der Waals surface area contributed by atoms with Gasteiger partial charge in [-0.05, 0) is 30.5 Å². The Morgan fingerprint density at radius 2 is 1.95 bits per heavy atom. The topological polar surface area (TPSA) is 64.9 Å². The number of carbonyl (C=O) groups excluding carboxylic acids is 1. The number of nitrogens with zero attached hydrogens (tertiary/aromatic N) is 1. The van der Waals surface area contributed by atoms with E-state index in [9.17, 15) is 4.79 Å². The average molecular weight is 257 g/mol. The van der Waals surface area contributed by atoms with E-state index in [1.165, 1.54) is 25.7 Å². The van der Waals surface area contributed by atoms with Crippen LogP contribution in [-0.2, 0) is 11.2 Å². The number of benzene rings is 1. The number of anilines is 1. The molecular formula is C15H19N3O. The van der Waals surface area contributed by atoms with E-state index in [4.69, 9.17) is 5.26 Å². The molecule has 1 aliphatic carbocycles. The molecule has 0 bridgehead atoms. The molecule has 2 rings (SSSR count). The highest BCUT2D eigenvalue weighted by Crippen LogP contribution is 2.17. The van der Waals surface area contributed by atoms with Gasteiger partial charge in [-0.2, -0.15) is 5.26 Å². The van der Waals surface area contributed by atoms with Crippen LogP contribution < -0.4 is 10.6 Å². The van der Waals surface area contributed by atoms with Crippen molar-refractivity contribution in [3.8, 4) is 6.07 Å². The number of hydrogen-bond acceptors (Lipinski definition) is 3. The van der Waals surface area contributed by atoms with Crippen LogP contribution in [0.2, 0.25) is 0 Å². The summed E-state index contributed by atoms with van der Waals surface area (Å²) in [5.41, 5.74) is 1.74. The Morgan fingerprint density at radius 3 is 2.58 bits per heavy atom. The minimum absolute atomic E-state index is 0.0140. The summed E-state index contributed by atoms with van der Waals surface area (Å²) in [6, 6.07) is 10.00. The van der Waals surface area contributed by atoms with Gasteiger partial charge in [-0.25, -0.2) is 0 Å². The molecule has 4 heteroatoms. The Hall–Kier alpha value is -1.86. The summed E-state index contributed by atoms with van der Waals surface area (Å²) in [7, 11) is 0. The maximum atomic E-state index is 11.8. The van der Waals surface area contributed by atoms with Gasteiger partial charge in [0.2, 0.25) is 5.91 Å². The third-order valence-electron chi connectivity index (χ3n) is 3.43. The van der Waals surface area contributed by atoms with Crippen molar-refractivity contribution in [3.63, 3.8) is 0 Å². The largest absolute Gasteiger partial charge is 0.325 e. The summed E-state index contributed by atoms with van der Waals surface area (Å²) in [4.78, 5) is 11.8. The van der Waals surface area contributed by atoms with Crippen molar-refractivity contribution in [2.45, 2.75) is 38.1 Å². The van der Waals surface area contributed by atoms with Crippen LogP contribution in [0.15, 0.2) is 24.3 Å². The predicted molar refractivity (Wildman–Crippen MR) is 74.6 cm³/mol. The zero-order valence-corrected chi connectivity index (χ0v) is 11.0. The lowest BCUT2D eigenvalue weighted by atomic mass is 10.1. The SMILES string of the molecule is N#CCc1ccc(NC(=O)CNC2CCCC2)cc1. The summed E-state index contributed by atoms with van der Waals surface area (Å²) < 4.78 is 0. The Morgan fingerprint density at radius 1 is 1.26 bits per heavy atom. The van der Waals surface area contributed by atoms with Crippen molar-refractivity contribution in [1.82, 2.24) is 5.32 Å². The first-order valence-corrected chi connectivity index (χ1v) is 6.77. The van der Waals surface area contributed by atoms with Gasteiger partial charge in [-0.3, -0.25) is 4.79 Å². The van der Waals surface area contributed by atoms with E-state index in [0.717, 1.165) is 11.3 Å². The quantitative estimate of drug-likeness (QED) is 0.850. The van der Waals surface area contributed by atoms with Crippen LogP contribution in [0.1, 0.15) is 31.2 Å². The maximum absolute atomic E-state index is 11.8. The molecule has 0 spiro atoms. The number of nitrogens with one attached hydrogen (secondary N) is 2. The second kappa shape index (κ2) is 6.91. The molecule has 1 aliphatic rings. The van der Waals surface area contributed by atoms with Gasteiger partial charge >= 0.3 is 0 Å². The third-order valence-corrected chi connectivity index (χ3v) is 3.43. The van der Waals surface area contributed by atoms with Crippen LogP contribution in [0.3, 0.4) is 0 Å². The van der Waals surface area contributed by atoms with Crippen molar-refractivity contribution < 1.29 is 4.79 Å². The van der Waals surface area contributed by atoms with E-state index in [0.29, 0.717) is 19.0 Å². The molecular weight excluding hydrogens is 238 g/mol. The number of carbonyl (C=O) groups is 1. The Bertz CT molecular complexity index is 455. The minimum atomic E-state index is -0.0140. The molecule has 1 saturated carbocycles. The summed E-state index contributed by atoms with van der Waals surface area (Å²) in [6.07, 6.45) is 5.28. The fourth-order valence-electron chi connectivity index (χ4n) is 2.37. The molecule has 1 amide bonds. The van der Waals surface area contributed by atoms with Crippen LogP contribution in [0.5, 0.6) is 0 Å². The zero-order chi connectivity index (χ0) is 13.5. The van der Waals surface area contributed by atoms with Crippen LogP contribution in [-0.4, -0.2) is 18.5 Å². The van der Waals surface area contributed by atoms with E-state index in [1.807, 2.05) is 24.3 Å². The fourth-order valence-corrected chi connectivity index (χ4v) is 2.37. The van der Waals surface area contributed by atoms with Crippen LogP contribution in [0.4, 0.5) is 5.69 Å². The number of nitriles is 1. The fraction of sp³-hybridized carbons (Fsp3) is 0.467. The smallest absolute Gasteiger partial charge is 0.238 e. The first-order chi connectivity index (χ1) is 9.28. The first-order valence-electron chi connectivity index (χ1n) is 6.77. The van der Waals surface area contributed by atoms with E-state index in [1.54, 1.807) is 0 Å². The molecule has 19 heavy (non-hydrogen) atoms. The average Bonchev–Trinajstić information content (AvgIpc) is 2.92. The van der Waals surface area contributed by atoms with E-state index in [2.05, 4.69) is 16.7 Å². The van der Waals surface area contributed by atoms with Gasteiger partial charge in [0, 0.05) is 11.7 Å². The monoisotopic (exact) mass is 257 g/mol. The second-order valence-corrected chi connectivity index (χ2v) is 4.94. The van der Waals surface area contributed by atoms with Crippen LogP contribution in [0, 0.1) is 11.3 Å². The molecule has 2 N–H and O–H groups in total. The predicted octanol–water partition coefficient (Wildman–Crippen LogP) is 2.22. The van der Waals surface area contributed by atoms with Gasteiger partial charge in [-0.15, -0.1) is 0 Å². The highest BCUT2D eigenvalue weighted by atomic mass is 16.1. The van der Waals surface area contributed by atoms with Gasteiger partial charge in [-0.1, -0.05) is 25.0 Å². The Labute approximate surface area is 113 Å². The summed E-state index contributed by atoms with van der Waals surface area (Å²) >= 11 is 0. The maximum Gasteiger partial charge on any atom is 0.238 e. The highest BCUT2D eigenvalue weighted by molar-refractivity contribution is 5.92. The molecule has 1 aromatic rings. The Kier molecular flexibility index (Phi) is 4.93. The molecule has 0 radical (unpaired) electrons. The van der Waals surface area contributed by atoms with Crippen molar-refractivity contribution in [3.05, 3.63) is 29.8 Å². The first kappa shape index (κ1) is 13.6. The number of rotatable bonds is 5. The van der Waals surface area contributed by atoms with Crippen molar-refractivity contribution in [1.29, 1.82) is 5.26 Å². The van der Waals surface area contributed by atoms with Crippen molar-refractivity contribution >= 4 is 11.6 Å². The molecule has 100 valence electrons. The molecule has 4 nitrogen and oxygen atoms in total. The molecule has 0 aromatic heterocycles.